The van der Waals surface area contributed by atoms with E-state index in [1.165, 1.54) is 6.26 Å². The van der Waals surface area contributed by atoms with Crippen molar-refractivity contribution in [2.45, 2.75) is 25.8 Å². The zero-order valence-electron chi connectivity index (χ0n) is 8.50. The molecule has 0 unspecified atom stereocenters. The molecule has 1 heterocycles. The maximum Gasteiger partial charge on any atom is 0.211 e. The molecule has 1 saturated heterocycles. The Kier molecular flexibility index (Phi) is 2.99. The Morgan fingerprint density at radius 2 is 2.00 bits per heavy atom. The average Bonchev–Trinajstić information content (AvgIpc) is 2.08. The van der Waals surface area contributed by atoms with Crippen LogP contribution < -0.4 is 5.32 Å². The molecule has 0 aromatic rings. The van der Waals surface area contributed by atoms with E-state index < -0.39 is 10.0 Å². The van der Waals surface area contributed by atoms with Crippen LogP contribution in [0, 0.1) is 0 Å². The van der Waals surface area contributed by atoms with E-state index in [0.717, 1.165) is 13.0 Å². The topological polar surface area (TPSA) is 49.4 Å². The van der Waals surface area contributed by atoms with Gasteiger partial charge < -0.3 is 5.32 Å². The zero-order chi connectivity index (χ0) is 10.1. The fourth-order valence-corrected chi connectivity index (χ4v) is 2.56. The molecule has 0 saturated carbocycles. The van der Waals surface area contributed by atoms with Crippen molar-refractivity contribution in [1.82, 2.24) is 9.62 Å². The lowest BCUT2D eigenvalue weighted by Crippen LogP contribution is -2.47. The summed E-state index contributed by atoms with van der Waals surface area (Å²) >= 11 is 0. The molecule has 0 spiro atoms. The van der Waals surface area contributed by atoms with Crippen molar-refractivity contribution >= 4 is 10.0 Å². The number of nitrogens with one attached hydrogen (secondary N) is 1. The second-order valence-electron chi connectivity index (χ2n) is 4.26. The maximum absolute atomic E-state index is 11.3. The first-order valence-corrected chi connectivity index (χ1v) is 6.36. The lowest BCUT2D eigenvalue weighted by molar-refractivity contribution is 0.328. The Bertz CT molecular complexity index is 272. The van der Waals surface area contributed by atoms with Crippen LogP contribution in [0.1, 0.15) is 20.3 Å². The summed E-state index contributed by atoms with van der Waals surface area (Å²) in [7, 11) is -3.03. The third kappa shape index (κ3) is 3.25. The van der Waals surface area contributed by atoms with Gasteiger partial charge >= 0.3 is 0 Å². The molecule has 0 aromatic carbocycles. The average molecular weight is 206 g/mol. The Morgan fingerprint density at radius 1 is 1.38 bits per heavy atom. The van der Waals surface area contributed by atoms with Crippen LogP contribution in [0.25, 0.3) is 0 Å². The largest absolute Gasteiger partial charge is 0.310 e. The highest BCUT2D eigenvalue weighted by Gasteiger charge is 2.28. The van der Waals surface area contributed by atoms with Gasteiger partial charge in [0.1, 0.15) is 0 Å². The Morgan fingerprint density at radius 3 is 2.54 bits per heavy atom. The van der Waals surface area contributed by atoms with Crippen molar-refractivity contribution in [3.05, 3.63) is 0 Å². The molecule has 0 radical (unpaired) electrons. The van der Waals surface area contributed by atoms with Crippen LogP contribution in [0.15, 0.2) is 0 Å². The summed E-state index contributed by atoms with van der Waals surface area (Å²) in [6.45, 7) is 6.13. The molecule has 4 nitrogen and oxygen atoms in total. The third-order valence-electron chi connectivity index (χ3n) is 2.23. The van der Waals surface area contributed by atoms with Crippen molar-refractivity contribution in [1.29, 1.82) is 0 Å². The molecule has 1 aliphatic rings. The highest BCUT2D eigenvalue weighted by Crippen LogP contribution is 2.12. The lowest BCUT2D eigenvalue weighted by Gasteiger charge is -2.28. The van der Waals surface area contributed by atoms with Crippen LogP contribution in [0.4, 0.5) is 0 Å². The standard InChI is InChI=1S/C8H18N2O2S/c1-8(2)7-10(13(3,11)12)6-4-5-9-8/h9H,4-7H2,1-3H3. The predicted octanol–water partition coefficient (Wildman–Crippen LogP) is 0.0199. The Balaban J connectivity index is 2.77. The summed E-state index contributed by atoms with van der Waals surface area (Å²) < 4.78 is 24.2. The first-order valence-electron chi connectivity index (χ1n) is 4.51. The molecule has 1 rings (SSSR count). The van der Waals surface area contributed by atoms with E-state index in [-0.39, 0.29) is 5.54 Å². The number of nitrogens with zero attached hydrogens (tertiary/aromatic N) is 1. The van der Waals surface area contributed by atoms with Gasteiger partial charge in [-0.2, -0.15) is 0 Å². The minimum Gasteiger partial charge on any atom is -0.310 e. The van der Waals surface area contributed by atoms with Gasteiger partial charge in [-0.25, -0.2) is 12.7 Å². The van der Waals surface area contributed by atoms with Gasteiger partial charge in [0.15, 0.2) is 0 Å². The van der Waals surface area contributed by atoms with Crippen LogP contribution in [-0.4, -0.2) is 44.2 Å². The molecule has 0 amide bonds. The predicted molar refractivity (Wildman–Crippen MR) is 53.1 cm³/mol. The summed E-state index contributed by atoms with van der Waals surface area (Å²) in [5.41, 5.74) is -0.112. The summed E-state index contributed by atoms with van der Waals surface area (Å²) in [6, 6.07) is 0. The second-order valence-corrected chi connectivity index (χ2v) is 6.24. The fraction of sp³-hybridized carbons (Fsp3) is 1.00. The highest BCUT2D eigenvalue weighted by atomic mass is 32.2. The molecule has 0 bridgehead atoms. The van der Waals surface area contributed by atoms with Gasteiger partial charge in [-0.1, -0.05) is 0 Å². The third-order valence-corrected chi connectivity index (χ3v) is 3.48. The zero-order valence-corrected chi connectivity index (χ0v) is 9.32. The van der Waals surface area contributed by atoms with E-state index in [0.29, 0.717) is 13.1 Å². The van der Waals surface area contributed by atoms with Crippen molar-refractivity contribution in [2.75, 3.05) is 25.9 Å². The van der Waals surface area contributed by atoms with Crippen LogP contribution in [0.3, 0.4) is 0 Å². The molecular weight excluding hydrogens is 188 g/mol. The van der Waals surface area contributed by atoms with Gasteiger partial charge in [-0.15, -0.1) is 0 Å². The van der Waals surface area contributed by atoms with Gasteiger partial charge in [-0.3, -0.25) is 0 Å². The van der Waals surface area contributed by atoms with Crippen molar-refractivity contribution in [3.8, 4) is 0 Å². The molecule has 78 valence electrons. The molecular formula is C8H18N2O2S. The van der Waals surface area contributed by atoms with Crippen LogP contribution in [0.2, 0.25) is 0 Å². The summed E-state index contributed by atoms with van der Waals surface area (Å²) in [5.74, 6) is 0. The molecule has 0 aromatic heterocycles. The van der Waals surface area contributed by atoms with Crippen LogP contribution in [-0.2, 0) is 10.0 Å². The number of hydrogen-bond donors (Lipinski definition) is 1. The molecule has 0 atom stereocenters. The summed E-state index contributed by atoms with van der Waals surface area (Å²) in [5, 5.41) is 3.32. The molecule has 5 heteroatoms. The Hall–Kier alpha value is -0.130. The van der Waals surface area contributed by atoms with Gasteiger partial charge in [0.25, 0.3) is 0 Å². The maximum atomic E-state index is 11.3. The first-order chi connectivity index (χ1) is 5.81. The van der Waals surface area contributed by atoms with Crippen LogP contribution in [0.5, 0.6) is 0 Å². The SMILES string of the molecule is CC1(C)CN(S(C)(=O)=O)CCCN1. The summed E-state index contributed by atoms with van der Waals surface area (Å²) in [6.07, 6.45) is 2.16. The van der Waals surface area contributed by atoms with E-state index >= 15 is 0 Å². The van der Waals surface area contributed by atoms with Crippen molar-refractivity contribution in [3.63, 3.8) is 0 Å². The minimum atomic E-state index is -3.03. The highest BCUT2D eigenvalue weighted by molar-refractivity contribution is 7.88. The monoisotopic (exact) mass is 206 g/mol. The van der Waals surface area contributed by atoms with E-state index in [9.17, 15) is 8.42 Å². The molecule has 0 aliphatic carbocycles. The van der Waals surface area contributed by atoms with E-state index in [2.05, 4.69) is 5.32 Å². The van der Waals surface area contributed by atoms with Gasteiger partial charge in [0.05, 0.1) is 6.26 Å². The van der Waals surface area contributed by atoms with Gasteiger partial charge in [0, 0.05) is 18.6 Å². The number of sulfonamides is 1. The summed E-state index contributed by atoms with van der Waals surface area (Å²) in [4.78, 5) is 0. The van der Waals surface area contributed by atoms with E-state index in [4.69, 9.17) is 0 Å². The lowest BCUT2D eigenvalue weighted by atomic mass is 10.1. The van der Waals surface area contributed by atoms with E-state index in [1.54, 1.807) is 4.31 Å². The number of rotatable bonds is 1. The van der Waals surface area contributed by atoms with Crippen molar-refractivity contribution in [2.24, 2.45) is 0 Å². The molecule has 13 heavy (non-hydrogen) atoms. The smallest absolute Gasteiger partial charge is 0.211 e. The van der Waals surface area contributed by atoms with Gasteiger partial charge in [-0.05, 0) is 26.8 Å². The van der Waals surface area contributed by atoms with Crippen LogP contribution >= 0.6 is 0 Å². The minimum absolute atomic E-state index is 0.112. The van der Waals surface area contributed by atoms with Gasteiger partial charge in [0.2, 0.25) is 10.0 Å². The quantitative estimate of drug-likeness (QED) is 0.658. The molecule has 1 aliphatic heterocycles. The van der Waals surface area contributed by atoms with E-state index in [1.807, 2.05) is 13.8 Å². The molecule has 1 N–H and O–H groups in total. The first kappa shape index (κ1) is 10.9. The second kappa shape index (κ2) is 3.55. The number of hydrogen-bond acceptors (Lipinski definition) is 3. The fourth-order valence-electron chi connectivity index (χ4n) is 1.54. The molecule has 1 fully saturated rings. The normalized spacial score (nSPS) is 25.5. The Labute approximate surface area is 80.4 Å². The van der Waals surface area contributed by atoms with Crippen molar-refractivity contribution < 1.29 is 8.42 Å².